The average molecular weight is 193 g/mol. The Bertz CT molecular complexity index is 276. The summed E-state index contributed by atoms with van der Waals surface area (Å²) in [5.74, 6) is 0.549. The molecule has 13 heavy (non-hydrogen) atoms. The van der Waals surface area contributed by atoms with Crippen molar-refractivity contribution in [3.8, 4) is 0 Å². The van der Waals surface area contributed by atoms with Gasteiger partial charge in [-0.15, -0.1) is 11.3 Å². The molecule has 1 unspecified atom stereocenters. The van der Waals surface area contributed by atoms with E-state index in [1.807, 2.05) is 11.3 Å². The highest BCUT2D eigenvalue weighted by Gasteiger charge is 2.19. The predicted octanol–water partition coefficient (Wildman–Crippen LogP) is 3.50. The van der Waals surface area contributed by atoms with E-state index in [2.05, 4.69) is 17.5 Å². The van der Waals surface area contributed by atoms with Gasteiger partial charge in [0.15, 0.2) is 0 Å². The Kier molecular flexibility index (Phi) is 2.79. The monoisotopic (exact) mass is 193 g/mol. The molecule has 70 valence electrons. The summed E-state index contributed by atoms with van der Waals surface area (Å²) in [6, 6.07) is 4.29. The van der Waals surface area contributed by atoms with E-state index in [0.717, 1.165) is 18.6 Å². The quantitative estimate of drug-likeness (QED) is 0.743. The standard InChI is InChI=1S/C11H15NS/c12-11-6-2-1-4-9(11)8-10-5-3-7-13-10/h3,5,7,9,12H,1-2,4,6,8H2. The van der Waals surface area contributed by atoms with Crippen molar-refractivity contribution in [2.45, 2.75) is 32.1 Å². The van der Waals surface area contributed by atoms with Gasteiger partial charge >= 0.3 is 0 Å². The largest absolute Gasteiger partial charge is 0.309 e. The molecular formula is C11H15NS. The Morgan fingerprint density at radius 2 is 2.38 bits per heavy atom. The molecule has 1 aromatic heterocycles. The van der Waals surface area contributed by atoms with Gasteiger partial charge in [0.05, 0.1) is 0 Å². The minimum atomic E-state index is 0.549. The number of nitrogens with one attached hydrogen (secondary N) is 1. The van der Waals surface area contributed by atoms with E-state index in [0.29, 0.717) is 5.92 Å². The summed E-state index contributed by atoms with van der Waals surface area (Å²) in [7, 11) is 0. The van der Waals surface area contributed by atoms with Gasteiger partial charge < -0.3 is 5.41 Å². The highest BCUT2D eigenvalue weighted by atomic mass is 32.1. The van der Waals surface area contributed by atoms with Crippen LogP contribution in [-0.2, 0) is 6.42 Å². The van der Waals surface area contributed by atoms with Gasteiger partial charge in [0, 0.05) is 16.5 Å². The van der Waals surface area contributed by atoms with Gasteiger partial charge in [-0.05, 0) is 37.1 Å². The molecule has 1 heterocycles. The third-order valence-electron chi connectivity index (χ3n) is 2.77. The Morgan fingerprint density at radius 1 is 1.46 bits per heavy atom. The maximum Gasteiger partial charge on any atom is 0.0124 e. The van der Waals surface area contributed by atoms with E-state index in [4.69, 9.17) is 5.41 Å². The number of hydrogen-bond donors (Lipinski definition) is 1. The van der Waals surface area contributed by atoms with Crippen LogP contribution in [0.5, 0.6) is 0 Å². The Morgan fingerprint density at radius 3 is 3.08 bits per heavy atom. The zero-order valence-corrected chi connectivity index (χ0v) is 8.57. The molecule has 0 amide bonds. The highest BCUT2D eigenvalue weighted by molar-refractivity contribution is 7.09. The molecule has 2 heteroatoms. The van der Waals surface area contributed by atoms with E-state index in [1.165, 1.54) is 24.1 Å². The lowest BCUT2D eigenvalue weighted by Crippen LogP contribution is -2.19. The smallest absolute Gasteiger partial charge is 0.0124 e. The molecule has 1 aromatic rings. The first-order valence-corrected chi connectivity index (χ1v) is 5.84. The SMILES string of the molecule is N=C1CCCCC1Cc1cccs1. The van der Waals surface area contributed by atoms with E-state index in [-0.39, 0.29) is 0 Å². The van der Waals surface area contributed by atoms with Gasteiger partial charge in [-0.25, -0.2) is 0 Å². The first kappa shape index (κ1) is 8.95. The van der Waals surface area contributed by atoms with Crippen molar-refractivity contribution >= 4 is 17.0 Å². The predicted molar refractivity (Wildman–Crippen MR) is 57.7 cm³/mol. The van der Waals surface area contributed by atoms with Crippen molar-refractivity contribution < 1.29 is 0 Å². The second-order valence-electron chi connectivity index (χ2n) is 3.75. The van der Waals surface area contributed by atoms with Crippen molar-refractivity contribution in [2.75, 3.05) is 0 Å². The summed E-state index contributed by atoms with van der Waals surface area (Å²) in [4.78, 5) is 1.44. The fourth-order valence-corrected chi connectivity index (χ4v) is 2.77. The molecular weight excluding hydrogens is 178 g/mol. The Hall–Kier alpha value is -0.630. The van der Waals surface area contributed by atoms with Gasteiger partial charge in [-0.3, -0.25) is 0 Å². The van der Waals surface area contributed by atoms with Gasteiger partial charge in [0.2, 0.25) is 0 Å². The summed E-state index contributed by atoms with van der Waals surface area (Å²) in [6.07, 6.45) is 5.93. The molecule has 0 aliphatic heterocycles. The summed E-state index contributed by atoms with van der Waals surface area (Å²) in [5, 5.41) is 9.98. The molecule has 1 atom stereocenters. The molecule has 1 aliphatic rings. The van der Waals surface area contributed by atoms with E-state index < -0.39 is 0 Å². The Labute approximate surface area is 83.3 Å². The van der Waals surface area contributed by atoms with Crippen LogP contribution in [0.4, 0.5) is 0 Å². The molecule has 0 aromatic carbocycles. The molecule has 1 saturated carbocycles. The van der Waals surface area contributed by atoms with Crippen molar-refractivity contribution in [3.63, 3.8) is 0 Å². The van der Waals surface area contributed by atoms with Gasteiger partial charge in [-0.1, -0.05) is 12.5 Å². The van der Waals surface area contributed by atoms with Gasteiger partial charge in [-0.2, -0.15) is 0 Å². The number of hydrogen-bond acceptors (Lipinski definition) is 2. The van der Waals surface area contributed by atoms with Crippen LogP contribution in [0.3, 0.4) is 0 Å². The lowest BCUT2D eigenvalue weighted by atomic mass is 9.85. The zero-order chi connectivity index (χ0) is 9.10. The first-order valence-electron chi connectivity index (χ1n) is 4.96. The molecule has 1 aliphatic carbocycles. The second kappa shape index (κ2) is 4.05. The number of rotatable bonds is 2. The van der Waals surface area contributed by atoms with Crippen LogP contribution in [0.15, 0.2) is 17.5 Å². The van der Waals surface area contributed by atoms with Crippen molar-refractivity contribution in [2.24, 2.45) is 5.92 Å². The van der Waals surface area contributed by atoms with Crippen LogP contribution < -0.4 is 0 Å². The summed E-state index contributed by atoms with van der Waals surface area (Å²) in [6.45, 7) is 0. The third-order valence-corrected chi connectivity index (χ3v) is 3.67. The van der Waals surface area contributed by atoms with Crippen LogP contribution in [0, 0.1) is 11.3 Å². The zero-order valence-electron chi connectivity index (χ0n) is 7.75. The lowest BCUT2D eigenvalue weighted by Gasteiger charge is -2.22. The number of thiophene rings is 1. The second-order valence-corrected chi connectivity index (χ2v) is 4.78. The molecule has 0 radical (unpaired) electrons. The maximum absolute atomic E-state index is 7.85. The van der Waals surface area contributed by atoms with Crippen molar-refractivity contribution in [1.82, 2.24) is 0 Å². The van der Waals surface area contributed by atoms with Crippen molar-refractivity contribution in [3.05, 3.63) is 22.4 Å². The topological polar surface area (TPSA) is 23.9 Å². The minimum absolute atomic E-state index is 0.549. The van der Waals surface area contributed by atoms with Crippen LogP contribution in [0.1, 0.15) is 30.6 Å². The van der Waals surface area contributed by atoms with Crippen LogP contribution in [0.2, 0.25) is 0 Å². The fraction of sp³-hybridized carbons (Fsp3) is 0.545. The summed E-state index contributed by atoms with van der Waals surface area (Å²) >= 11 is 1.82. The average Bonchev–Trinajstić information content (AvgIpc) is 2.61. The van der Waals surface area contributed by atoms with Crippen molar-refractivity contribution in [1.29, 1.82) is 5.41 Å². The van der Waals surface area contributed by atoms with E-state index in [9.17, 15) is 0 Å². The highest BCUT2D eigenvalue weighted by Crippen LogP contribution is 2.25. The molecule has 2 rings (SSSR count). The third kappa shape index (κ3) is 2.19. The van der Waals surface area contributed by atoms with E-state index in [1.54, 1.807) is 0 Å². The van der Waals surface area contributed by atoms with Crippen LogP contribution in [0.25, 0.3) is 0 Å². The minimum Gasteiger partial charge on any atom is -0.309 e. The van der Waals surface area contributed by atoms with Gasteiger partial charge in [0.25, 0.3) is 0 Å². The summed E-state index contributed by atoms with van der Waals surface area (Å²) in [5.41, 5.74) is 0.986. The van der Waals surface area contributed by atoms with Crippen LogP contribution >= 0.6 is 11.3 Å². The normalized spacial score (nSPS) is 23.4. The fourth-order valence-electron chi connectivity index (χ4n) is 1.98. The van der Waals surface area contributed by atoms with Gasteiger partial charge in [0.1, 0.15) is 0 Å². The molecule has 0 bridgehead atoms. The van der Waals surface area contributed by atoms with E-state index >= 15 is 0 Å². The molecule has 1 N–H and O–H groups in total. The Balaban J connectivity index is 1.97. The maximum atomic E-state index is 7.85. The summed E-state index contributed by atoms with van der Waals surface area (Å²) < 4.78 is 0. The molecule has 1 fully saturated rings. The first-order chi connectivity index (χ1) is 6.36. The molecule has 0 saturated heterocycles. The molecule has 0 spiro atoms. The lowest BCUT2D eigenvalue weighted by molar-refractivity contribution is 0.524. The molecule has 1 nitrogen and oxygen atoms in total. The van der Waals surface area contributed by atoms with Crippen LogP contribution in [-0.4, -0.2) is 5.71 Å².